The second-order valence-corrected chi connectivity index (χ2v) is 9.73. The number of amides is 2. The molecule has 0 fully saturated rings. The van der Waals surface area contributed by atoms with Crippen LogP contribution in [-0.4, -0.2) is 29.3 Å². The van der Waals surface area contributed by atoms with E-state index in [0.29, 0.717) is 23.0 Å². The van der Waals surface area contributed by atoms with Crippen molar-refractivity contribution in [2.45, 2.75) is 58.0 Å². The standard InChI is InChI=1S/C30H34Cl2N2O2/c1-3-5-18-33-30(36)28(4-2)34(21-22-16-17-26(31)27(32)19-22)29(35)20-25(23-12-8-6-9-13-23)24-14-10-7-11-15-24/h6-17,19,25,28H,3-5,18,20-21H2,1-2H3,(H,33,36)/t28-/m1/s1. The Morgan fingerprint density at radius 1 is 0.861 bits per heavy atom. The van der Waals surface area contributed by atoms with E-state index in [4.69, 9.17) is 23.2 Å². The van der Waals surface area contributed by atoms with Crippen LogP contribution in [0.3, 0.4) is 0 Å². The van der Waals surface area contributed by atoms with E-state index >= 15 is 0 Å². The molecule has 0 spiro atoms. The Kier molecular flexibility index (Phi) is 10.8. The highest BCUT2D eigenvalue weighted by Crippen LogP contribution is 2.30. The molecule has 1 atom stereocenters. The molecule has 1 N–H and O–H groups in total. The third-order valence-corrected chi connectivity index (χ3v) is 7.07. The maximum atomic E-state index is 14.0. The Balaban J connectivity index is 1.94. The summed E-state index contributed by atoms with van der Waals surface area (Å²) in [5.74, 6) is -0.344. The summed E-state index contributed by atoms with van der Waals surface area (Å²) in [6.45, 7) is 4.88. The summed E-state index contributed by atoms with van der Waals surface area (Å²) in [4.78, 5) is 28.9. The fourth-order valence-electron chi connectivity index (χ4n) is 4.35. The van der Waals surface area contributed by atoms with E-state index in [2.05, 4.69) is 12.2 Å². The zero-order valence-electron chi connectivity index (χ0n) is 20.9. The van der Waals surface area contributed by atoms with E-state index < -0.39 is 6.04 Å². The number of rotatable bonds is 12. The van der Waals surface area contributed by atoms with Crippen molar-refractivity contribution in [3.8, 4) is 0 Å². The number of carbonyl (C=O) groups is 2. The average Bonchev–Trinajstić information content (AvgIpc) is 2.90. The molecule has 190 valence electrons. The quantitative estimate of drug-likeness (QED) is 0.254. The summed E-state index contributed by atoms with van der Waals surface area (Å²) >= 11 is 12.4. The molecule has 2 amide bonds. The van der Waals surface area contributed by atoms with Crippen LogP contribution in [0.5, 0.6) is 0 Å². The van der Waals surface area contributed by atoms with Crippen molar-refractivity contribution >= 4 is 35.0 Å². The zero-order valence-corrected chi connectivity index (χ0v) is 22.4. The minimum atomic E-state index is -0.587. The number of halogens is 2. The molecule has 6 heteroatoms. The number of carbonyl (C=O) groups excluding carboxylic acids is 2. The van der Waals surface area contributed by atoms with Crippen LogP contribution in [0.1, 0.15) is 62.1 Å². The maximum absolute atomic E-state index is 14.0. The first-order chi connectivity index (χ1) is 17.4. The third kappa shape index (κ3) is 7.59. The molecule has 3 rings (SSSR count). The number of unbranched alkanes of at least 4 members (excludes halogenated alkanes) is 1. The Morgan fingerprint density at radius 3 is 2.00 bits per heavy atom. The number of nitrogens with zero attached hydrogens (tertiary/aromatic N) is 1. The fraction of sp³-hybridized carbons (Fsp3) is 0.333. The van der Waals surface area contributed by atoms with Crippen LogP contribution in [0, 0.1) is 0 Å². The van der Waals surface area contributed by atoms with Crippen molar-refractivity contribution in [3.63, 3.8) is 0 Å². The van der Waals surface area contributed by atoms with Crippen molar-refractivity contribution in [3.05, 3.63) is 106 Å². The van der Waals surface area contributed by atoms with Crippen LogP contribution in [0.15, 0.2) is 78.9 Å². The van der Waals surface area contributed by atoms with Gasteiger partial charge in [0.05, 0.1) is 10.0 Å². The molecular formula is C30H34Cl2N2O2. The van der Waals surface area contributed by atoms with Gasteiger partial charge in [0.25, 0.3) is 0 Å². The summed E-state index contributed by atoms with van der Waals surface area (Å²) in [5, 5.41) is 3.89. The van der Waals surface area contributed by atoms with Crippen molar-refractivity contribution in [2.75, 3.05) is 6.54 Å². The molecule has 0 bridgehead atoms. The number of hydrogen-bond acceptors (Lipinski definition) is 2. The molecule has 0 aliphatic rings. The lowest BCUT2D eigenvalue weighted by Crippen LogP contribution is -2.49. The molecule has 0 aliphatic carbocycles. The van der Waals surface area contributed by atoms with Crippen LogP contribution >= 0.6 is 23.2 Å². The molecular weight excluding hydrogens is 491 g/mol. The van der Waals surface area contributed by atoms with Gasteiger partial charge in [-0.2, -0.15) is 0 Å². The molecule has 0 saturated heterocycles. The third-order valence-electron chi connectivity index (χ3n) is 6.34. The molecule has 36 heavy (non-hydrogen) atoms. The van der Waals surface area contributed by atoms with Gasteiger partial charge in [0, 0.05) is 25.4 Å². The van der Waals surface area contributed by atoms with Crippen LogP contribution in [0.25, 0.3) is 0 Å². The summed E-state index contributed by atoms with van der Waals surface area (Å²) < 4.78 is 0. The second kappa shape index (κ2) is 14.1. The molecule has 4 nitrogen and oxygen atoms in total. The minimum absolute atomic E-state index is 0.0868. The Hall–Kier alpha value is -2.82. The molecule has 3 aromatic rings. The summed E-state index contributed by atoms with van der Waals surface area (Å²) in [6.07, 6.45) is 2.63. The smallest absolute Gasteiger partial charge is 0.242 e. The molecule has 3 aromatic carbocycles. The van der Waals surface area contributed by atoms with E-state index in [1.54, 1.807) is 17.0 Å². The first-order valence-corrected chi connectivity index (χ1v) is 13.3. The topological polar surface area (TPSA) is 49.4 Å². The van der Waals surface area contributed by atoms with Crippen molar-refractivity contribution in [2.24, 2.45) is 0 Å². The zero-order chi connectivity index (χ0) is 25.9. The highest BCUT2D eigenvalue weighted by atomic mass is 35.5. The van der Waals surface area contributed by atoms with Crippen LogP contribution < -0.4 is 5.32 Å². The molecule has 0 aliphatic heterocycles. The van der Waals surface area contributed by atoms with Crippen molar-refractivity contribution < 1.29 is 9.59 Å². The van der Waals surface area contributed by atoms with Gasteiger partial charge in [0.2, 0.25) is 11.8 Å². The van der Waals surface area contributed by atoms with Gasteiger partial charge in [-0.15, -0.1) is 0 Å². The van der Waals surface area contributed by atoms with Crippen molar-refractivity contribution in [1.29, 1.82) is 0 Å². The van der Waals surface area contributed by atoms with E-state index in [0.717, 1.165) is 29.5 Å². The monoisotopic (exact) mass is 524 g/mol. The van der Waals surface area contributed by atoms with E-state index in [1.165, 1.54) is 0 Å². The maximum Gasteiger partial charge on any atom is 0.242 e. The van der Waals surface area contributed by atoms with Crippen LogP contribution in [0.2, 0.25) is 10.0 Å². The van der Waals surface area contributed by atoms with Gasteiger partial charge in [0.15, 0.2) is 0 Å². The predicted octanol–water partition coefficient (Wildman–Crippen LogP) is 7.24. The van der Waals surface area contributed by atoms with E-state index in [1.807, 2.05) is 73.7 Å². The normalized spacial score (nSPS) is 11.8. The second-order valence-electron chi connectivity index (χ2n) is 8.92. The summed E-state index contributed by atoms with van der Waals surface area (Å²) in [6, 6.07) is 24.8. The van der Waals surface area contributed by atoms with Gasteiger partial charge >= 0.3 is 0 Å². The van der Waals surface area contributed by atoms with Gasteiger partial charge in [0.1, 0.15) is 6.04 Å². The predicted molar refractivity (Wildman–Crippen MR) is 148 cm³/mol. The van der Waals surface area contributed by atoms with Gasteiger partial charge in [-0.3, -0.25) is 9.59 Å². The highest BCUT2D eigenvalue weighted by Gasteiger charge is 2.30. The summed E-state index contributed by atoms with van der Waals surface area (Å²) in [5.41, 5.74) is 2.95. The molecule has 0 unspecified atom stereocenters. The Labute approximate surface area is 224 Å². The van der Waals surface area contributed by atoms with Gasteiger partial charge in [-0.05, 0) is 41.7 Å². The average molecular weight is 526 g/mol. The number of benzene rings is 3. The van der Waals surface area contributed by atoms with Crippen LogP contribution in [0.4, 0.5) is 0 Å². The van der Waals surface area contributed by atoms with Crippen molar-refractivity contribution in [1.82, 2.24) is 10.2 Å². The summed E-state index contributed by atoms with van der Waals surface area (Å²) in [7, 11) is 0. The minimum Gasteiger partial charge on any atom is -0.354 e. The fourth-order valence-corrected chi connectivity index (χ4v) is 4.67. The van der Waals surface area contributed by atoms with Gasteiger partial charge < -0.3 is 10.2 Å². The molecule has 0 heterocycles. The lowest BCUT2D eigenvalue weighted by molar-refractivity contribution is -0.141. The van der Waals surface area contributed by atoms with E-state index in [9.17, 15) is 9.59 Å². The molecule has 0 saturated carbocycles. The lowest BCUT2D eigenvalue weighted by Gasteiger charge is -2.32. The van der Waals surface area contributed by atoms with E-state index in [-0.39, 0.29) is 30.7 Å². The first-order valence-electron chi connectivity index (χ1n) is 12.6. The largest absolute Gasteiger partial charge is 0.354 e. The molecule has 0 radical (unpaired) electrons. The Morgan fingerprint density at radius 2 is 1.47 bits per heavy atom. The molecule has 0 aromatic heterocycles. The SMILES string of the molecule is CCCCNC(=O)[C@@H](CC)N(Cc1ccc(Cl)c(Cl)c1)C(=O)CC(c1ccccc1)c1ccccc1. The van der Waals surface area contributed by atoms with Gasteiger partial charge in [-0.25, -0.2) is 0 Å². The number of hydrogen-bond donors (Lipinski definition) is 1. The highest BCUT2D eigenvalue weighted by molar-refractivity contribution is 6.42. The Bertz CT molecular complexity index is 1080. The number of nitrogens with one attached hydrogen (secondary N) is 1. The lowest BCUT2D eigenvalue weighted by atomic mass is 9.88. The van der Waals surface area contributed by atoms with Crippen LogP contribution in [-0.2, 0) is 16.1 Å². The van der Waals surface area contributed by atoms with Gasteiger partial charge in [-0.1, -0.05) is 110 Å². The first kappa shape index (κ1) is 27.8.